The predicted octanol–water partition coefficient (Wildman–Crippen LogP) is 7.40. The number of aryl methyl sites for hydroxylation is 1. The van der Waals surface area contributed by atoms with E-state index in [9.17, 15) is 18.4 Å². The number of carbonyl (C=O) groups is 2. The van der Waals surface area contributed by atoms with Crippen molar-refractivity contribution in [3.05, 3.63) is 155 Å². The lowest BCUT2D eigenvalue weighted by atomic mass is 9.94. The van der Waals surface area contributed by atoms with Crippen LogP contribution in [0, 0.1) is 18.6 Å². The fourth-order valence-electron chi connectivity index (χ4n) is 5.86. The average Bonchev–Trinajstić information content (AvgIpc) is 3.47. The van der Waals surface area contributed by atoms with E-state index >= 15 is 0 Å². The molecule has 6 rings (SSSR count). The lowest BCUT2D eigenvalue weighted by molar-refractivity contribution is -0.121. The van der Waals surface area contributed by atoms with Crippen LogP contribution >= 0.6 is 0 Å². The molecule has 2 amide bonds. The standard InChI is InChI=1S/C39H34F2N4O3/c1-24-14-34-33(21-36(24)48-23-25-8-4-3-5-9-25)29(22-44-34)19-37(46)45-35(17-26-15-30(40)20-31(41)16-26)38-32(12-7-13-43-38)27-10-6-11-28(18-27)39(47)42-2/h3-16,18,20-22,35,44H,17,19,23H2,1-2H3,(H,42,47)(H,45,46)/t35-/m0/s1. The Morgan fingerprint density at radius 3 is 2.46 bits per heavy atom. The first-order valence-corrected chi connectivity index (χ1v) is 15.6. The Labute approximate surface area is 277 Å². The fraction of sp³-hybridized carbons (Fsp3) is 0.154. The second-order valence-corrected chi connectivity index (χ2v) is 11.6. The van der Waals surface area contributed by atoms with Gasteiger partial charge in [0.1, 0.15) is 24.0 Å². The van der Waals surface area contributed by atoms with Crippen molar-refractivity contribution in [1.82, 2.24) is 20.6 Å². The van der Waals surface area contributed by atoms with Gasteiger partial charge in [-0.2, -0.15) is 0 Å². The van der Waals surface area contributed by atoms with E-state index in [4.69, 9.17) is 4.74 Å². The maximum atomic E-state index is 14.3. The van der Waals surface area contributed by atoms with E-state index in [1.165, 1.54) is 12.1 Å². The number of ether oxygens (including phenoxy) is 1. The van der Waals surface area contributed by atoms with E-state index in [0.717, 1.165) is 39.4 Å². The van der Waals surface area contributed by atoms with Crippen LogP contribution in [-0.4, -0.2) is 28.8 Å². The SMILES string of the molecule is CNC(=O)c1cccc(-c2cccnc2[C@H](Cc2cc(F)cc(F)c2)NC(=O)Cc2c[nH]c3cc(C)c(OCc4ccccc4)cc23)c1. The van der Waals surface area contributed by atoms with Crippen LogP contribution in [0.1, 0.15) is 44.3 Å². The number of hydrogen-bond donors (Lipinski definition) is 3. The Balaban J connectivity index is 1.30. The Morgan fingerprint density at radius 1 is 0.896 bits per heavy atom. The summed E-state index contributed by atoms with van der Waals surface area (Å²) >= 11 is 0. The number of aromatic amines is 1. The molecule has 6 aromatic rings. The van der Waals surface area contributed by atoms with Crippen molar-refractivity contribution in [2.24, 2.45) is 0 Å². The van der Waals surface area contributed by atoms with Gasteiger partial charge in [0, 0.05) is 47.5 Å². The summed E-state index contributed by atoms with van der Waals surface area (Å²) in [5, 5.41) is 6.57. The van der Waals surface area contributed by atoms with Gasteiger partial charge >= 0.3 is 0 Å². The van der Waals surface area contributed by atoms with Gasteiger partial charge in [0.05, 0.1) is 18.2 Å². The highest BCUT2D eigenvalue weighted by Crippen LogP contribution is 2.31. The number of benzene rings is 4. The molecule has 3 N–H and O–H groups in total. The Kier molecular flexibility index (Phi) is 9.57. The Bertz CT molecular complexity index is 2070. The molecular formula is C39H34F2N4O3. The monoisotopic (exact) mass is 644 g/mol. The summed E-state index contributed by atoms with van der Waals surface area (Å²) in [7, 11) is 1.56. The largest absolute Gasteiger partial charge is 0.489 e. The molecule has 0 aliphatic heterocycles. The molecule has 0 aliphatic carbocycles. The molecule has 0 aliphatic rings. The van der Waals surface area contributed by atoms with Crippen LogP contribution in [0.25, 0.3) is 22.0 Å². The van der Waals surface area contributed by atoms with Gasteiger partial charge in [0.15, 0.2) is 0 Å². The molecule has 0 spiro atoms. The molecule has 4 aromatic carbocycles. The van der Waals surface area contributed by atoms with Gasteiger partial charge in [-0.1, -0.05) is 48.5 Å². The number of amides is 2. The number of fused-ring (bicyclic) bond motifs is 1. The maximum Gasteiger partial charge on any atom is 0.251 e. The molecule has 0 unspecified atom stereocenters. The van der Waals surface area contributed by atoms with Crippen LogP contribution in [0.3, 0.4) is 0 Å². The molecule has 2 aromatic heterocycles. The highest BCUT2D eigenvalue weighted by atomic mass is 19.1. The average molecular weight is 645 g/mol. The highest BCUT2D eigenvalue weighted by molar-refractivity contribution is 5.95. The number of halogens is 2. The van der Waals surface area contributed by atoms with Gasteiger partial charge in [0.25, 0.3) is 5.91 Å². The molecule has 0 saturated carbocycles. The number of aromatic nitrogens is 2. The van der Waals surface area contributed by atoms with E-state index in [-0.39, 0.29) is 24.7 Å². The number of hydrogen-bond acceptors (Lipinski definition) is 4. The summed E-state index contributed by atoms with van der Waals surface area (Å²) in [6.45, 7) is 2.38. The second-order valence-electron chi connectivity index (χ2n) is 11.6. The molecule has 7 nitrogen and oxygen atoms in total. The number of H-pyrrole nitrogens is 1. The normalized spacial score (nSPS) is 11.7. The van der Waals surface area contributed by atoms with Crippen molar-refractivity contribution in [3.63, 3.8) is 0 Å². The van der Waals surface area contributed by atoms with E-state index < -0.39 is 17.7 Å². The van der Waals surface area contributed by atoms with Gasteiger partial charge < -0.3 is 20.4 Å². The lowest BCUT2D eigenvalue weighted by Gasteiger charge is -2.22. The maximum absolute atomic E-state index is 14.3. The second kappa shape index (κ2) is 14.3. The van der Waals surface area contributed by atoms with Crippen molar-refractivity contribution < 1.29 is 23.1 Å². The summed E-state index contributed by atoms with van der Waals surface area (Å²) < 4.78 is 34.7. The van der Waals surface area contributed by atoms with Crippen LogP contribution in [-0.2, 0) is 24.2 Å². The van der Waals surface area contributed by atoms with Crippen molar-refractivity contribution in [2.75, 3.05) is 7.05 Å². The van der Waals surface area contributed by atoms with E-state index in [1.807, 2.05) is 61.5 Å². The third kappa shape index (κ3) is 7.41. The zero-order valence-electron chi connectivity index (χ0n) is 26.5. The van der Waals surface area contributed by atoms with E-state index in [1.54, 1.807) is 43.7 Å². The zero-order valence-corrected chi connectivity index (χ0v) is 26.5. The van der Waals surface area contributed by atoms with Gasteiger partial charge in [-0.3, -0.25) is 14.6 Å². The fourth-order valence-corrected chi connectivity index (χ4v) is 5.86. The van der Waals surface area contributed by atoms with E-state index in [0.29, 0.717) is 34.6 Å². The molecule has 0 bridgehead atoms. The third-order valence-corrected chi connectivity index (χ3v) is 8.18. The number of nitrogens with zero attached hydrogens (tertiary/aromatic N) is 1. The summed E-state index contributed by atoms with van der Waals surface area (Å²) in [5.74, 6) is -1.26. The first kappa shape index (κ1) is 32.1. The van der Waals surface area contributed by atoms with Crippen LogP contribution in [0.5, 0.6) is 5.75 Å². The summed E-state index contributed by atoms with van der Waals surface area (Å²) in [4.78, 5) is 34.0. The lowest BCUT2D eigenvalue weighted by Crippen LogP contribution is -2.32. The van der Waals surface area contributed by atoms with Gasteiger partial charge in [0.2, 0.25) is 5.91 Å². The molecule has 48 heavy (non-hydrogen) atoms. The van der Waals surface area contributed by atoms with Crippen molar-refractivity contribution in [3.8, 4) is 16.9 Å². The predicted molar refractivity (Wildman–Crippen MR) is 182 cm³/mol. The molecule has 242 valence electrons. The minimum atomic E-state index is -0.754. The molecule has 0 saturated heterocycles. The summed E-state index contributed by atoms with van der Waals surface area (Å²) in [6, 6.07) is 27.0. The summed E-state index contributed by atoms with van der Waals surface area (Å²) in [6.07, 6.45) is 3.51. The Hall–Kier alpha value is -5.83. The molecule has 2 heterocycles. The molecule has 1 atom stereocenters. The third-order valence-electron chi connectivity index (χ3n) is 8.18. The molecule has 0 radical (unpaired) electrons. The number of rotatable bonds is 11. The van der Waals surface area contributed by atoms with Crippen LogP contribution < -0.4 is 15.4 Å². The number of pyridine rings is 1. The quantitative estimate of drug-likeness (QED) is 0.137. The van der Waals surface area contributed by atoms with Crippen molar-refractivity contribution in [1.29, 1.82) is 0 Å². The minimum Gasteiger partial charge on any atom is -0.489 e. The van der Waals surface area contributed by atoms with Crippen LogP contribution in [0.15, 0.2) is 109 Å². The van der Waals surface area contributed by atoms with Crippen LogP contribution in [0.2, 0.25) is 0 Å². The van der Waals surface area contributed by atoms with E-state index in [2.05, 4.69) is 20.6 Å². The highest BCUT2D eigenvalue weighted by Gasteiger charge is 2.23. The smallest absolute Gasteiger partial charge is 0.251 e. The number of nitrogens with one attached hydrogen (secondary N) is 3. The van der Waals surface area contributed by atoms with Gasteiger partial charge in [-0.25, -0.2) is 8.78 Å². The first-order chi connectivity index (χ1) is 23.3. The first-order valence-electron chi connectivity index (χ1n) is 15.6. The topological polar surface area (TPSA) is 96.1 Å². The Morgan fingerprint density at radius 2 is 1.69 bits per heavy atom. The summed E-state index contributed by atoms with van der Waals surface area (Å²) in [5.41, 5.74) is 6.34. The number of carbonyl (C=O) groups excluding carboxylic acids is 2. The van der Waals surface area contributed by atoms with Crippen LogP contribution in [0.4, 0.5) is 8.78 Å². The van der Waals surface area contributed by atoms with Crippen molar-refractivity contribution >= 4 is 22.7 Å². The minimum absolute atomic E-state index is 0.0313. The molecule has 9 heteroatoms. The molecular weight excluding hydrogens is 610 g/mol. The van der Waals surface area contributed by atoms with Gasteiger partial charge in [-0.05, 0) is 83.6 Å². The zero-order chi connectivity index (χ0) is 33.6. The van der Waals surface area contributed by atoms with Crippen molar-refractivity contribution in [2.45, 2.75) is 32.4 Å². The van der Waals surface area contributed by atoms with Gasteiger partial charge in [-0.15, -0.1) is 0 Å². The molecule has 0 fully saturated rings.